The van der Waals surface area contributed by atoms with Gasteiger partial charge in [-0.25, -0.2) is 22.5 Å². The Morgan fingerprint density at radius 3 is 2.65 bits per heavy atom. The largest absolute Gasteiger partial charge is 0.489 e. The lowest BCUT2D eigenvalue weighted by atomic mass is 9.59. The number of aromatic amines is 1. The van der Waals surface area contributed by atoms with Crippen LogP contribution in [0.1, 0.15) is 85.8 Å². The summed E-state index contributed by atoms with van der Waals surface area (Å²) in [5.41, 5.74) is 3.55. The van der Waals surface area contributed by atoms with Gasteiger partial charge >= 0.3 is 0 Å². The van der Waals surface area contributed by atoms with Gasteiger partial charge in [-0.05, 0) is 85.7 Å². The number of carbonyl (C=O) groups excluding carboxylic acids is 1. The molecule has 3 aromatic carbocycles. The van der Waals surface area contributed by atoms with Gasteiger partial charge in [0.1, 0.15) is 35.7 Å². The molecule has 5 aromatic rings. The van der Waals surface area contributed by atoms with Crippen LogP contribution in [-0.2, 0) is 19.5 Å². The summed E-state index contributed by atoms with van der Waals surface area (Å²) in [4.78, 5) is 37.1. The molecule has 3 saturated heterocycles. The molecule has 6 heterocycles. The minimum absolute atomic E-state index is 0.00865. The number of ether oxygens (including phenoxy) is 4. The molecule has 18 heteroatoms. The number of likely N-dealkylation sites (tertiary alicyclic amines) is 1. The first-order valence-electron chi connectivity index (χ1n) is 22.4. The fourth-order valence-electron chi connectivity index (χ4n) is 10.6. The first-order valence-corrected chi connectivity index (χ1v) is 23.9. The minimum atomic E-state index is -4.72. The van der Waals surface area contributed by atoms with E-state index in [2.05, 4.69) is 67.9 Å². The molecule has 0 radical (unpaired) electrons. The number of amides is 1. The van der Waals surface area contributed by atoms with E-state index in [1.54, 1.807) is 12.1 Å². The third-order valence-electron chi connectivity index (χ3n) is 14.0. The number of nitro benzene ring substituents is 1. The Labute approximate surface area is 376 Å². The number of aromatic nitrogens is 2. The molecule has 1 aliphatic carbocycles. The number of piperidine rings is 1. The van der Waals surface area contributed by atoms with Crippen LogP contribution in [-0.4, -0.2) is 98.4 Å². The topological polar surface area (TPSA) is 190 Å². The highest BCUT2D eigenvalue weighted by atomic mass is 32.2. The van der Waals surface area contributed by atoms with Crippen LogP contribution >= 0.6 is 0 Å². The summed E-state index contributed by atoms with van der Waals surface area (Å²) in [6.45, 7) is 8.31. The van der Waals surface area contributed by atoms with Crippen LogP contribution in [0.4, 0.5) is 21.5 Å². The summed E-state index contributed by atoms with van der Waals surface area (Å²) in [5.74, 6) is -1.04. The number of nitro groups is 1. The van der Waals surface area contributed by atoms with Crippen molar-refractivity contribution >= 4 is 44.0 Å². The Morgan fingerprint density at radius 1 is 1.06 bits per heavy atom. The maximum absolute atomic E-state index is 14.6. The van der Waals surface area contributed by atoms with Crippen molar-refractivity contribution in [1.29, 1.82) is 0 Å². The number of H-pyrrole nitrogens is 1. The summed E-state index contributed by atoms with van der Waals surface area (Å²) in [5, 5.41) is 15.5. The molecule has 1 spiro atoms. The number of benzene rings is 3. The lowest BCUT2D eigenvalue weighted by Gasteiger charge is -2.56. The Morgan fingerprint density at radius 2 is 1.88 bits per heavy atom. The Balaban J connectivity index is 0.869. The molecule has 342 valence electrons. The molecule has 1 saturated carbocycles. The van der Waals surface area contributed by atoms with Gasteiger partial charge in [0.2, 0.25) is 0 Å². The van der Waals surface area contributed by atoms with Crippen LogP contribution in [0, 0.1) is 21.3 Å². The van der Waals surface area contributed by atoms with Crippen LogP contribution in [0.3, 0.4) is 0 Å². The zero-order valence-corrected chi connectivity index (χ0v) is 37.1. The lowest BCUT2D eigenvalue weighted by molar-refractivity contribution is -0.384. The van der Waals surface area contributed by atoms with Crippen molar-refractivity contribution in [2.24, 2.45) is 5.41 Å². The number of nitrogens with zero attached hydrogens (tertiary/aromatic N) is 4. The van der Waals surface area contributed by atoms with Crippen LogP contribution in [0.2, 0.25) is 0 Å². The summed E-state index contributed by atoms with van der Waals surface area (Å²) >= 11 is 0. The number of sulfonamides is 1. The molecule has 16 nitrogen and oxygen atoms in total. The van der Waals surface area contributed by atoms with Gasteiger partial charge in [0.25, 0.3) is 21.6 Å². The number of carbonyl (C=O) groups is 1. The predicted octanol–water partition coefficient (Wildman–Crippen LogP) is 7.82. The van der Waals surface area contributed by atoms with Crippen LogP contribution in [0.15, 0.2) is 78.0 Å². The molecule has 0 unspecified atom stereocenters. The van der Waals surface area contributed by atoms with Gasteiger partial charge < -0.3 is 34.1 Å². The molecule has 0 bridgehead atoms. The van der Waals surface area contributed by atoms with Gasteiger partial charge in [-0.2, -0.15) is 0 Å². The van der Waals surface area contributed by atoms with Crippen molar-refractivity contribution in [3.05, 3.63) is 106 Å². The van der Waals surface area contributed by atoms with Gasteiger partial charge in [-0.15, -0.1) is 0 Å². The molecule has 4 fully saturated rings. The van der Waals surface area contributed by atoms with Gasteiger partial charge in [0.15, 0.2) is 11.4 Å². The SMILES string of the molecule is CC(C)c1ccccc1[C@H]1CCCN1C1CC2(CCN(c3ccc(C(=O)NS(=O)(=O)c4cc5c(c([N+](=O)[O-])c4)N[C@@H]([C@@H]4COCCO4)CO5)c(Oc4cnc5[nH]cc(F)c5c4)c3)CC2)C1. The Hall–Kier alpha value is -5.82. The van der Waals surface area contributed by atoms with E-state index in [4.69, 9.17) is 18.9 Å². The zero-order chi connectivity index (χ0) is 45.0. The average Bonchev–Trinajstić information content (AvgIpc) is 3.94. The van der Waals surface area contributed by atoms with Crippen molar-refractivity contribution in [2.45, 2.75) is 87.4 Å². The minimum Gasteiger partial charge on any atom is -0.489 e. The second-order valence-electron chi connectivity index (χ2n) is 18.3. The number of anilines is 2. The van der Waals surface area contributed by atoms with E-state index in [0.29, 0.717) is 36.9 Å². The van der Waals surface area contributed by atoms with Crippen molar-refractivity contribution in [3.63, 3.8) is 0 Å². The monoisotopic (exact) mass is 909 g/mol. The van der Waals surface area contributed by atoms with Gasteiger partial charge in [-0.3, -0.25) is 19.8 Å². The van der Waals surface area contributed by atoms with Crippen molar-refractivity contribution in [1.82, 2.24) is 19.6 Å². The van der Waals surface area contributed by atoms with Crippen molar-refractivity contribution < 1.29 is 41.5 Å². The van der Waals surface area contributed by atoms with E-state index < -0.39 is 49.4 Å². The lowest BCUT2D eigenvalue weighted by Crippen LogP contribution is -2.54. The van der Waals surface area contributed by atoms with E-state index in [9.17, 15) is 27.7 Å². The average molecular weight is 910 g/mol. The highest BCUT2D eigenvalue weighted by molar-refractivity contribution is 7.90. The molecule has 5 aliphatic rings. The highest BCUT2D eigenvalue weighted by Gasteiger charge is 2.50. The molecule has 65 heavy (non-hydrogen) atoms. The van der Waals surface area contributed by atoms with E-state index in [-0.39, 0.29) is 52.5 Å². The van der Waals surface area contributed by atoms with Crippen molar-refractivity contribution in [3.8, 4) is 17.2 Å². The number of nitrogens with one attached hydrogen (secondary N) is 3. The van der Waals surface area contributed by atoms with E-state index >= 15 is 0 Å². The summed E-state index contributed by atoms with van der Waals surface area (Å²) in [7, 11) is -4.72. The molecule has 3 atom stereocenters. The van der Waals surface area contributed by atoms with Crippen LogP contribution in [0.25, 0.3) is 11.0 Å². The fourth-order valence-corrected chi connectivity index (χ4v) is 11.6. The number of halogens is 1. The molecule has 3 N–H and O–H groups in total. The van der Waals surface area contributed by atoms with E-state index in [1.807, 2.05) is 0 Å². The number of hydrogen-bond acceptors (Lipinski definition) is 13. The Kier molecular flexibility index (Phi) is 11.4. The number of pyridine rings is 1. The molecule has 4 aliphatic heterocycles. The Bertz CT molecular complexity index is 2750. The first-order chi connectivity index (χ1) is 31.3. The summed E-state index contributed by atoms with van der Waals surface area (Å²) < 4.78 is 67.8. The smallest absolute Gasteiger partial charge is 0.297 e. The maximum Gasteiger partial charge on any atom is 0.297 e. The first kappa shape index (κ1) is 43.1. The normalized spacial score (nSPS) is 22.3. The third kappa shape index (κ3) is 8.36. The predicted molar refractivity (Wildman–Crippen MR) is 240 cm³/mol. The van der Waals surface area contributed by atoms with Crippen LogP contribution < -0.4 is 24.4 Å². The summed E-state index contributed by atoms with van der Waals surface area (Å²) in [6, 6.07) is 17.8. The molecular weight excluding hydrogens is 858 g/mol. The van der Waals surface area contributed by atoms with E-state index in [1.165, 1.54) is 48.5 Å². The summed E-state index contributed by atoms with van der Waals surface area (Å²) in [6.07, 6.45) is 8.85. The zero-order valence-electron chi connectivity index (χ0n) is 36.3. The quantitative estimate of drug-likeness (QED) is 0.0860. The maximum atomic E-state index is 14.6. The number of fused-ring (bicyclic) bond motifs is 2. The molecule has 2 aromatic heterocycles. The van der Waals surface area contributed by atoms with Gasteiger partial charge in [0, 0.05) is 55.3 Å². The van der Waals surface area contributed by atoms with Crippen LogP contribution in [0.5, 0.6) is 17.2 Å². The fraction of sp³-hybridized carbons (Fsp3) is 0.447. The highest BCUT2D eigenvalue weighted by Crippen LogP contribution is 2.54. The number of rotatable bonds is 11. The second-order valence-corrected chi connectivity index (χ2v) is 20.0. The van der Waals surface area contributed by atoms with Gasteiger partial charge in [-0.1, -0.05) is 38.1 Å². The van der Waals surface area contributed by atoms with Crippen molar-refractivity contribution in [2.75, 3.05) is 56.3 Å². The van der Waals surface area contributed by atoms with Gasteiger partial charge in [0.05, 0.1) is 52.8 Å². The molecule has 1 amide bonds. The molecule has 10 rings (SSSR count). The number of hydrogen-bond donors (Lipinski definition) is 3. The standard InChI is InChI=1S/C47H52FN7O9S/c1-28(2)33-6-3-4-7-34(33)39-8-5-13-54(39)30-22-47(23-30)11-14-53(15-12-47)29-9-10-35(41(18-29)64-31-19-36-37(48)25-50-45(36)49-24-31)46(56)52-65(59,60)32-20-40(55(57)58)44-42(21-32)63-26-38(51-44)43-27-61-16-17-62-43/h3-4,6-7,9-10,18-21,24-25,28,30,38-39,43,51H,5,8,11-17,22-23,26-27H2,1-2H3,(H,49,50)(H,52,56)/t38-,39-,43+/m1/s1. The van der Waals surface area contributed by atoms with E-state index in [0.717, 1.165) is 63.1 Å². The third-order valence-corrected chi connectivity index (χ3v) is 15.3. The molecular formula is C47H52FN7O9S. The second kappa shape index (κ2) is 17.2.